The van der Waals surface area contributed by atoms with Crippen molar-refractivity contribution < 1.29 is 19.1 Å². The average Bonchev–Trinajstić information content (AvgIpc) is 3.18. The molecule has 1 amide bonds. The van der Waals surface area contributed by atoms with Crippen molar-refractivity contribution in [2.45, 2.75) is 33.4 Å². The van der Waals surface area contributed by atoms with Crippen molar-refractivity contribution >= 4 is 38.9 Å². The number of amides is 1. The number of carbonyl (C=O) groups excluding carboxylic acids is 2. The summed E-state index contributed by atoms with van der Waals surface area (Å²) >= 11 is 1.13. The van der Waals surface area contributed by atoms with Crippen LogP contribution < -0.4 is 20.3 Å². The number of hydrogen-bond donors (Lipinski definition) is 1. The molecule has 2 heterocycles. The van der Waals surface area contributed by atoms with Crippen molar-refractivity contribution in [1.29, 1.82) is 0 Å². The first-order valence-corrected chi connectivity index (χ1v) is 11.8. The Hall–Kier alpha value is -3.98. The van der Waals surface area contributed by atoms with Crippen LogP contribution in [-0.4, -0.2) is 34.5 Å². The van der Waals surface area contributed by atoms with E-state index in [4.69, 9.17) is 9.47 Å². The lowest BCUT2D eigenvalue weighted by molar-refractivity contribution is 0.0969. The summed E-state index contributed by atoms with van der Waals surface area (Å²) in [4.78, 5) is 44.1. The van der Waals surface area contributed by atoms with E-state index in [1.54, 1.807) is 55.5 Å². The number of methoxy groups -OCH3 is 1. The molecular weight excluding hydrogens is 466 g/mol. The Kier molecular flexibility index (Phi) is 6.97. The lowest BCUT2D eigenvalue weighted by Gasteiger charge is -2.10. The molecule has 0 fully saturated rings. The molecule has 180 valence electrons. The number of benzene rings is 2. The van der Waals surface area contributed by atoms with Crippen LogP contribution >= 0.6 is 11.3 Å². The third kappa shape index (κ3) is 5.09. The van der Waals surface area contributed by atoms with Crippen LogP contribution in [0.15, 0.2) is 59.7 Å². The number of thiophene rings is 1. The number of anilines is 1. The summed E-state index contributed by atoms with van der Waals surface area (Å²) in [5, 5.41) is 3.16. The van der Waals surface area contributed by atoms with E-state index in [9.17, 15) is 14.4 Å². The number of rotatable bonds is 8. The number of nitrogens with one attached hydrogen (secondary N) is 1. The molecule has 35 heavy (non-hydrogen) atoms. The molecule has 2 aromatic heterocycles. The lowest BCUT2D eigenvalue weighted by atomic mass is 10.1. The number of carbonyl (C=O) groups is 2. The predicted octanol–water partition coefficient (Wildman–Crippen LogP) is 4.70. The second-order valence-corrected chi connectivity index (χ2v) is 9.18. The Labute approximate surface area is 206 Å². The van der Waals surface area contributed by atoms with Gasteiger partial charge in [-0.1, -0.05) is 12.1 Å². The predicted molar refractivity (Wildman–Crippen MR) is 136 cm³/mol. The summed E-state index contributed by atoms with van der Waals surface area (Å²) in [7, 11) is 1.52. The number of Topliss-reactive ketones (excluding diaryl/α,β-unsaturated/α-hetero) is 1. The van der Waals surface area contributed by atoms with Gasteiger partial charge in [0, 0.05) is 5.56 Å². The standard InChI is InChI=1S/C26H25N3O5S/c1-15(2)34-18-11-9-17(10-12-18)20(30)13-29-14-27-25-22(26(29)32)16(3)23(35-25)24(31)28-19-7-5-6-8-21(19)33-4/h5-12,14-15H,13H2,1-4H3,(H,28,31). The molecule has 0 bridgehead atoms. The minimum absolute atomic E-state index is 0.0310. The zero-order valence-electron chi connectivity index (χ0n) is 19.8. The summed E-state index contributed by atoms with van der Waals surface area (Å²) in [6, 6.07) is 13.9. The molecule has 0 radical (unpaired) electrons. The molecule has 0 unspecified atom stereocenters. The molecule has 8 nitrogen and oxygen atoms in total. The summed E-state index contributed by atoms with van der Waals surface area (Å²) < 4.78 is 12.2. The Bertz CT molecular complexity index is 1450. The zero-order valence-corrected chi connectivity index (χ0v) is 20.6. The molecule has 0 spiro atoms. The van der Waals surface area contributed by atoms with E-state index in [1.165, 1.54) is 18.0 Å². The summed E-state index contributed by atoms with van der Waals surface area (Å²) in [5.74, 6) is 0.610. The Morgan fingerprint density at radius 3 is 2.51 bits per heavy atom. The van der Waals surface area contributed by atoms with Crippen molar-refractivity contribution in [2.24, 2.45) is 0 Å². The lowest BCUT2D eigenvalue weighted by Crippen LogP contribution is -2.24. The third-order valence-electron chi connectivity index (χ3n) is 5.34. The quantitative estimate of drug-likeness (QED) is 0.359. The van der Waals surface area contributed by atoms with Gasteiger partial charge in [-0.25, -0.2) is 4.98 Å². The fourth-order valence-electron chi connectivity index (χ4n) is 3.65. The van der Waals surface area contributed by atoms with Crippen LogP contribution in [0.2, 0.25) is 0 Å². The monoisotopic (exact) mass is 491 g/mol. The van der Waals surface area contributed by atoms with Crippen LogP contribution in [0.1, 0.15) is 39.4 Å². The molecule has 9 heteroatoms. The first-order valence-electron chi connectivity index (χ1n) is 11.0. The highest BCUT2D eigenvalue weighted by atomic mass is 32.1. The van der Waals surface area contributed by atoms with Crippen molar-refractivity contribution in [1.82, 2.24) is 9.55 Å². The van der Waals surface area contributed by atoms with Gasteiger partial charge in [-0.2, -0.15) is 0 Å². The summed E-state index contributed by atoms with van der Waals surface area (Å²) in [6.45, 7) is 5.39. The van der Waals surface area contributed by atoms with Crippen molar-refractivity contribution in [2.75, 3.05) is 12.4 Å². The van der Waals surface area contributed by atoms with E-state index in [0.717, 1.165) is 11.3 Å². The van der Waals surface area contributed by atoms with Crippen LogP contribution in [0, 0.1) is 6.92 Å². The van der Waals surface area contributed by atoms with Gasteiger partial charge in [-0.15, -0.1) is 11.3 Å². The molecule has 4 rings (SSSR count). The molecule has 4 aromatic rings. The molecule has 0 atom stereocenters. The molecule has 1 N–H and O–H groups in total. The van der Waals surface area contributed by atoms with E-state index in [-0.39, 0.29) is 29.9 Å². The topological polar surface area (TPSA) is 99.5 Å². The molecule has 0 aliphatic heterocycles. The second-order valence-electron chi connectivity index (χ2n) is 8.18. The maximum absolute atomic E-state index is 13.2. The van der Waals surface area contributed by atoms with E-state index in [2.05, 4.69) is 10.3 Å². The number of fused-ring (bicyclic) bond motifs is 1. The largest absolute Gasteiger partial charge is 0.495 e. The number of para-hydroxylation sites is 2. The molecule has 0 aliphatic rings. The van der Waals surface area contributed by atoms with Gasteiger partial charge in [-0.05, 0) is 62.7 Å². The first-order chi connectivity index (χ1) is 16.8. The molecule has 0 saturated carbocycles. The number of ether oxygens (including phenoxy) is 2. The normalized spacial score (nSPS) is 11.0. The van der Waals surface area contributed by atoms with E-state index >= 15 is 0 Å². The molecule has 0 saturated heterocycles. The van der Waals surface area contributed by atoms with Gasteiger partial charge >= 0.3 is 0 Å². The number of aromatic nitrogens is 2. The van der Waals surface area contributed by atoms with Crippen LogP contribution in [0.4, 0.5) is 5.69 Å². The van der Waals surface area contributed by atoms with Gasteiger partial charge in [0.1, 0.15) is 16.3 Å². The second kappa shape index (κ2) is 10.1. The fourth-order valence-corrected chi connectivity index (χ4v) is 4.69. The zero-order chi connectivity index (χ0) is 25.1. The number of nitrogens with zero attached hydrogens (tertiary/aromatic N) is 2. The summed E-state index contributed by atoms with van der Waals surface area (Å²) in [6.07, 6.45) is 1.37. The van der Waals surface area contributed by atoms with Crippen molar-refractivity contribution in [3.8, 4) is 11.5 Å². The van der Waals surface area contributed by atoms with Crippen LogP contribution in [0.25, 0.3) is 10.2 Å². The smallest absolute Gasteiger partial charge is 0.266 e. The fraction of sp³-hybridized carbons (Fsp3) is 0.231. The highest BCUT2D eigenvalue weighted by Gasteiger charge is 2.21. The maximum atomic E-state index is 13.2. The van der Waals surface area contributed by atoms with E-state index in [0.29, 0.717) is 43.4 Å². The highest BCUT2D eigenvalue weighted by Crippen LogP contribution is 2.29. The molecule has 0 aliphatic carbocycles. The highest BCUT2D eigenvalue weighted by molar-refractivity contribution is 7.20. The van der Waals surface area contributed by atoms with E-state index in [1.807, 2.05) is 13.8 Å². The Balaban J connectivity index is 1.58. The number of aryl methyl sites for hydroxylation is 1. The number of ketones is 1. The summed E-state index contributed by atoms with van der Waals surface area (Å²) in [5.41, 5.74) is 1.14. The third-order valence-corrected chi connectivity index (χ3v) is 6.54. The van der Waals surface area contributed by atoms with Gasteiger partial charge in [0.25, 0.3) is 11.5 Å². The molecule has 2 aromatic carbocycles. The van der Waals surface area contributed by atoms with Gasteiger partial charge in [0.05, 0.1) is 42.0 Å². The Morgan fingerprint density at radius 2 is 1.83 bits per heavy atom. The average molecular weight is 492 g/mol. The SMILES string of the molecule is COc1ccccc1NC(=O)c1sc2ncn(CC(=O)c3ccc(OC(C)C)cc3)c(=O)c2c1C. The van der Waals surface area contributed by atoms with Crippen molar-refractivity contribution in [3.63, 3.8) is 0 Å². The van der Waals surface area contributed by atoms with Gasteiger partial charge in [0.15, 0.2) is 5.78 Å². The maximum Gasteiger partial charge on any atom is 0.266 e. The minimum Gasteiger partial charge on any atom is -0.495 e. The number of hydrogen-bond acceptors (Lipinski definition) is 7. The van der Waals surface area contributed by atoms with Crippen LogP contribution in [0.3, 0.4) is 0 Å². The van der Waals surface area contributed by atoms with Crippen LogP contribution in [0.5, 0.6) is 11.5 Å². The van der Waals surface area contributed by atoms with Gasteiger partial charge in [0.2, 0.25) is 0 Å². The van der Waals surface area contributed by atoms with Crippen LogP contribution in [-0.2, 0) is 6.54 Å². The first kappa shape index (κ1) is 24.2. The van der Waals surface area contributed by atoms with Gasteiger partial charge in [-0.3, -0.25) is 19.0 Å². The molecular formula is C26H25N3O5S. The Morgan fingerprint density at radius 1 is 1.11 bits per heavy atom. The van der Waals surface area contributed by atoms with Gasteiger partial charge < -0.3 is 14.8 Å². The van der Waals surface area contributed by atoms with Crippen molar-refractivity contribution in [3.05, 3.63) is 81.2 Å². The minimum atomic E-state index is -0.367. The van der Waals surface area contributed by atoms with E-state index < -0.39 is 0 Å².